The van der Waals surface area contributed by atoms with Crippen LogP contribution in [0.2, 0.25) is 0 Å². The molecule has 0 saturated heterocycles. The van der Waals surface area contributed by atoms with E-state index in [0.717, 1.165) is 24.3 Å². The molecule has 0 heterocycles. The number of azo groups is 2. The zero-order valence-electron chi connectivity index (χ0n) is 32.6. The molecule has 320 valence electrons. The van der Waals surface area contributed by atoms with Gasteiger partial charge in [0.05, 0.1) is 42.3 Å². The molecule has 2 radical (unpaired) electrons. The SMILES string of the molecule is Nc1cc(S(=O)(=O)[O-])cc2cc(S(=O)(=O)[O-])c(N=Nc3ccc(-c4ccc(N=Nc5c(S(=O)(=O)[O-])cc6cc(S(=O)(=O)[O-])cc(N)c6c5[O-])c([O-])c4)cc3[O-])c([O-])c12.[Cu+2].[Cu+2].[H+].[H+].[H+].[H+]. The molecular weight excluding hydrogens is 980 g/mol. The maximum atomic E-state index is 13.2. The molecule has 0 bridgehead atoms. The van der Waals surface area contributed by atoms with Crippen LogP contribution in [0.4, 0.5) is 34.1 Å². The maximum Gasteiger partial charge on any atom is 2.00 e. The van der Waals surface area contributed by atoms with Crippen molar-refractivity contribution in [1.29, 1.82) is 0 Å². The average Bonchev–Trinajstić information content (AvgIpc) is 3.09. The van der Waals surface area contributed by atoms with Crippen LogP contribution in [0.5, 0.6) is 23.0 Å². The van der Waals surface area contributed by atoms with Crippen LogP contribution in [-0.2, 0) is 74.6 Å². The summed E-state index contributed by atoms with van der Waals surface area (Å²) in [6, 6.07) is 10.1. The second-order valence-corrected chi connectivity index (χ2v) is 17.4. The van der Waals surface area contributed by atoms with Crippen LogP contribution >= 0.6 is 0 Å². The molecule has 60 heavy (non-hydrogen) atoms. The molecule has 22 nitrogen and oxygen atoms in total. The molecule has 0 atom stereocenters. The van der Waals surface area contributed by atoms with Gasteiger partial charge in [-0.25, -0.2) is 33.7 Å². The zero-order valence-corrected chi connectivity index (χ0v) is 33.8. The first-order chi connectivity index (χ1) is 26.8. The van der Waals surface area contributed by atoms with Crippen molar-refractivity contribution in [2.45, 2.75) is 19.6 Å². The van der Waals surface area contributed by atoms with Crippen molar-refractivity contribution in [3.05, 3.63) is 72.8 Å². The fraction of sp³-hybridized carbons (Fsp3) is 0. The molecular formula is C32H20Cu2N6O16S4. The second kappa shape index (κ2) is 16.5. The number of benzene rings is 6. The van der Waals surface area contributed by atoms with Crippen LogP contribution in [-0.4, -0.2) is 51.9 Å². The number of nitrogens with zero attached hydrogens (tertiary/aromatic N) is 4. The van der Waals surface area contributed by atoms with Gasteiger partial charge >= 0.3 is 39.8 Å². The van der Waals surface area contributed by atoms with E-state index in [0.29, 0.717) is 36.4 Å². The molecule has 6 aromatic rings. The van der Waals surface area contributed by atoms with Gasteiger partial charge in [-0.1, -0.05) is 47.3 Å². The van der Waals surface area contributed by atoms with E-state index in [9.17, 15) is 72.3 Å². The van der Waals surface area contributed by atoms with Gasteiger partial charge in [0.2, 0.25) is 0 Å². The summed E-state index contributed by atoms with van der Waals surface area (Å²) in [5.41, 5.74) is 7.32. The molecule has 0 fully saturated rings. The van der Waals surface area contributed by atoms with Crippen LogP contribution in [0.25, 0.3) is 32.7 Å². The molecule has 0 spiro atoms. The number of fused-ring (bicyclic) bond motifs is 2. The molecule has 0 amide bonds. The number of rotatable bonds is 9. The number of anilines is 2. The summed E-state index contributed by atoms with van der Waals surface area (Å²) in [5, 5.41) is 64.5. The van der Waals surface area contributed by atoms with Crippen LogP contribution in [0, 0.1) is 0 Å². The van der Waals surface area contributed by atoms with E-state index < -0.39 is 139 Å². The quantitative estimate of drug-likeness (QED) is 0.0905. The Morgan fingerprint density at radius 1 is 0.450 bits per heavy atom. The third-order valence-corrected chi connectivity index (χ3v) is 11.5. The van der Waals surface area contributed by atoms with Crippen molar-refractivity contribution in [3.63, 3.8) is 0 Å². The molecule has 0 aromatic heterocycles. The molecule has 0 saturated carbocycles. The summed E-state index contributed by atoms with van der Waals surface area (Å²) >= 11 is 0. The van der Waals surface area contributed by atoms with Crippen molar-refractivity contribution in [2.24, 2.45) is 20.5 Å². The minimum Gasteiger partial charge on any atom is -0.871 e. The van der Waals surface area contributed by atoms with Crippen LogP contribution in [0.3, 0.4) is 0 Å². The Balaban J connectivity index is 0.00000661. The third-order valence-electron chi connectivity index (χ3n) is 8.15. The normalized spacial score (nSPS) is 12.5. The van der Waals surface area contributed by atoms with Crippen molar-refractivity contribution in [3.8, 4) is 34.1 Å². The molecule has 6 aromatic carbocycles. The van der Waals surface area contributed by atoms with Gasteiger partial charge in [0, 0.05) is 11.4 Å². The van der Waals surface area contributed by atoms with Crippen molar-refractivity contribution in [1.82, 2.24) is 0 Å². The number of nitrogen functional groups attached to an aromatic ring is 2. The number of hydrogen-bond acceptors (Lipinski definition) is 22. The molecule has 6 rings (SSSR count). The fourth-order valence-corrected chi connectivity index (χ4v) is 7.94. The van der Waals surface area contributed by atoms with Crippen LogP contribution in [0.15, 0.2) is 113 Å². The molecule has 0 aliphatic rings. The van der Waals surface area contributed by atoms with Crippen molar-refractivity contribution in [2.75, 3.05) is 11.5 Å². The average molecular weight is 1000 g/mol. The number of hydrogen-bond donors (Lipinski definition) is 2. The van der Waals surface area contributed by atoms with Crippen LogP contribution < -0.4 is 31.9 Å². The summed E-state index contributed by atoms with van der Waals surface area (Å²) in [6.45, 7) is 0. The Hall–Kier alpha value is -5.48. The van der Waals surface area contributed by atoms with Gasteiger partial charge in [-0.2, -0.15) is 10.2 Å². The molecule has 4 N–H and O–H groups in total. The molecule has 0 aliphatic heterocycles. The van der Waals surface area contributed by atoms with Gasteiger partial charge in [-0.15, -0.1) is 10.2 Å². The fourth-order valence-electron chi connectivity index (χ4n) is 5.57. The van der Waals surface area contributed by atoms with Crippen molar-refractivity contribution < 1.29 is 112 Å². The monoisotopic (exact) mass is 998 g/mol. The van der Waals surface area contributed by atoms with Gasteiger partial charge in [0.25, 0.3) is 0 Å². The van der Waals surface area contributed by atoms with E-state index >= 15 is 0 Å². The smallest absolute Gasteiger partial charge is 0.871 e. The molecule has 0 aliphatic carbocycles. The summed E-state index contributed by atoms with van der Waals surface area (Å²) in [6.07, 6.45) is 0. The predicted octanol–water partition coefficient (Wildman–Crippen LogP) is 2.01. The Morgan fingerprint density at radius 3 is 1.07 bits per heavy atom. The predicted molar refractivity (Wildman–Crippen MR) is 191 cm³/mol. The Kier molecular flexibility index (Phi) is 13.0. The summed E-state index contributed by atoms with van der Waals surface area (Å²) in [4.78, 5) is -4.38. The van der Waals surface area contributed by atoms with E-state index in [-0.39, 0.29) is 51.0 Å². The van der Waals surface area contributed by atoms with Gasteiger partial charge in [-0.3, -0.25) is 0 Å². The van der Waals surface area contributed by atoms with Gasteiger partial charge in [0.15, 0.2) is 0 Å². The van der Waals surface area contributed by atoms with Gasteiger partial charge < -0.3 is 50.1 Å². The van der Waals surface area contributed by atoms with Gasteiger partial charge in [0.1, 0.15) is 40.5 Å². The molecule has 0 unspecified atom stereocenters. The van der Waals surface area contributed by atoms with E-state index in [2.05, 4.69) is 20.5 Å². The first kappa shape index (κ1) is 47.2. The largest absolute Gasteiger partial charge is 2.00 e. The minimum absolute atomic E-state index is 0. The standard InChI is InChI=1S/C32H24N6O16S4.2Cu/c33-19-11-17(55(43,44)45)5-15-9-25(57(49,50)51)29(31(41)27(15)19)37-35-21-3-1-13(7-23(21)39)14-2-4-22(24(40)8-14)36-38-30-26(58(52,53)54)10-16-6-18(56(46,47)48)12-20(34)28(16)32(30)42;;/h1-12,39-42H,33-34H2,(H,43,44,45)(H,46,47,48)(H,49,50,51)(H,52,53,54);;/q;2*+2/p-4. The summed E-state index contributed by atoms with van der Waals surface area (Å²) < 4.78 is 141. The minimum atomic E-state index is -5.50. The van der Waals surface area contributed by atoms with Crippen molar-refractivity contribution >= 4 is 96.1 Å². The Morgan fingerprint density at radius 2 is 0.783 bits per heavy atom. The number of nitrogens with two attached hydrogens (primary N) is 2. The zero-order chi connectivity index (χ0) is 42.9. The topological polar surface area (TPSA) is 423 Å². The van der Waals surface area contributed by atoms with E-state index in [1.165, 1.54) is 12.1 Å². The summed E-state index contributed by atoms with van der Waals surface area (Å²) in [7, 11) is -21.3. The summed E-state index contributed by atoms with van der Waals surface area (Å²) in [5.74, 6) is -4.43. The first-order valence-corrected chi connectivity index (χ1v) is 20.8. The van der Waals surface area contributed by atoms with E-state index in [4.69, 9.17) is 11.5 Å². The first-order valence-electron chi connectivity index (χ1n) is 15.2. The Bertz CT molecular complexity index is 3120. The third kappa shape index (κ3) is 9.29. The second-order valence-electron chi connectivity index (χ2n) is 11.9. The van der Waals surface area contributed by atoms with E-state index in [1.54, 1.807) is 0 Å². The van der Waals surface area contributed by atoms with Crippen LogP contribution in [0.1, 0.15) is 5.71 Å². The van der Waals surface area contributed by atoms with Gasteiger partial charge in [-0.05, 0) is 81.2 Å². The van der Waals surface area contributed by atoms with E-state index in [1.807, 2.05) is 0 Å². The maximum absolute atomic E-state index is 13.2. The molecule has 28 heteroatoms. The Labute approximate surface area is 364 Å².